The fourth-order valence-corrected chi connectivity index (χ4v) is 3.59. The number of methoxy groups -OCH3 is 1. The molecule has 1 fully saturated rings. The molecule has 0 heterocycles. The minimum Gasteiger partial charge on any atom is -0.496 e. The van der Waals surface area contributed by atoms with Gasteiger partial charge < -0.3 is 10.5 Å². The van der Waals surface area contributed by atoms with Crippen molar-refractivity contribution in [3.05, 3.63) is 28.8 Å². The monoisotopic (exact) mass is 261 g/mol. The largest absolute Gasteiger partial charge is 0.496 e. The van der Waals surface area contributed by atoms with E-state index >= 15 is 0 Å². The zero-order valence-corrected chi connectivity index (χ0v) is 13.0. The van der Waals surface area contributed by atoms with Gasteiger partial charge in [-0.15, -0.1) is 0 Å². The molecule has 1 aliphatic carbocycles. The lowest BCUT2D eigenvalue weighted by molar-refractivity contribution is 0.148. The van der Waals surface area contributed by atoms with Gasteiger partial charge in [0.1, 0.15) is 5.75 Å². The van der Waals surface area contributed by atoms with Crippen molar-refractivity contribution in [3.8, 4) is 5.75 Å². The third-order valence-electron chi connectivity index (χ3n) is 4.69. The number of aryl methyl sites for hydroxylation is 1. The molecule has 0 saturated heterocycles. The standard InChI is InChI=1S/C17H27NO/c1-12-7-8-14(15(19-5)13(12)2)17(18)10-6-9-16(3,4)11-17/h7-8H,6,9-11,18H2,1-5H3. The van der Waals surface area contributed by atoms with Crippen LogP contribution in [0.4, 0.5) is 0 Å². The van der Waals surface area contributed by atoms with Crippen LogP contribution < -0.4 is 10.5 Å². The highest BCUT2D eigenvalue weighted by atomic mass is 16.5. The van der Waals surface area contributed by atoms with Crippen LogP contribution in [0.25, 0.3) is 0 Å². The van der Waals surface area contributed by atoms with Gasteiger partial charge in [0.2, 0.25) is 0 Å². The average Bonchev–Trinajstić information content (AvgIpc) is 2.30. The Balaban J connectivity index is 2.49. The van der Waals surface area contributed by atoms with Gasteiger partial charge in [0.15, 0.2) is 0 Å². The SMILES string of the molecule is COc1c(C2(N)CCCC(C)(C)C2)ccc(C)c1C. The van der Waals surface area contributed by atoms with Crippen LogP contribution in [0.5, 0.6) is 5.75 Å². The van der Waals surface area contributed by atoms with Gasteiger partial charge in [-0.25, -0.2) is 0 Å². The Kier molecular flexibility index (Phi) is 3.65. The third kappa shape index (κ3) is 2.64. The number of ether oxygens (including phenoxy) is 1. The molecule has 1 atom stereocenters. The lowest BCUT2D eigenvalue weighted by Crippen LogP contribution is -2.44. The van der Waals surface area contributed by atoms with E-state index in [1.165, 1.54) is 29.5 Å². The van der Waals surface area contributed by atoms with Gasteiger partial charge in [0.25, 0.3) is 0 Å². The summed E-state index contributed by atoms with van der Waals surface area (Å²) >= 11 is 0. The molecular formula is C17H27NO. The maximum atomic E-state index is 6.77. The molecule has 0 spiro atoms. The fraction of sp³-hybridized carbons (Fsp3) is 0.647. The van der Waals surface area contributed by atoms with Crippen LogP contribution >= 0.6 is 0 Å². The molecule has 0 amide bonds. The van der Waals surface area contributed by atoms with E-state index in [2.05, 4.69) is 39.8 Å². The zero-order valence-electron chi connectivity index (χ0n) is 13.0. The van der Waals surface area contributed by atoms with Gasteiger partial charge in [-0.2, -0.15) is 0 Å². The first-order valence-electron chi connectivity index (χ1n) is 7.23. The molecule has 2 rings (SSSR count). The van der Waals surface area contributed by atoms with E-state index in [9.17, 15) is 0 Å². The van der Waals surface area contributed by atoms with Crippen molar-refractivity contribution in [2.24, 2.45) is 11.1 Å². The summed E-state index contributed by atoms with van der Waals surface area (Å²) in [5.41, 5.74) is 10.5. The molecule has 0 aliphatic heterocycles. The number of benzene rings is 1. The van der Waals surface area contributed by atoms with Crippen LogP contribution in [0.3, 0.4) is 0 Å². The van der Waals surface area contributed by atoms with E-state index < -0.39 is 0 Å². The van der Waals surface area contributed by atoms with Crippen LogP contribution in [-0.2, 0) is 5.54 Å². The first kappa shape index (κ1) is 14.4. The maximum Gasteiger partial charge on any atom is 0.127 e. The molecule has 1 unspecified atom stereocenters. The summed E-state index contributed by atoms with van der Waals surface area (Å²) in [7, 11) is 1.75. The molecule has 19 heavy (non-hydrogen) atoms. The second-order valence-electron chi connectivity index (χ2n) is 6.94. The zero-order chi connectivity index (χ0) is 14.3. The van der Waals surface area contributed by atoms with Crippen LogP contribution in [0.2, 0.25) is 0 Å². The van der Waals surface area contributed by atoms with E-state index in [1.807, 2.05) is 0 Å². The highest BCUT2D eigenvalue weighted by molar-refractivity contribution is 5.48. The predicted molar refractivity (Wildman–Crippen MR) is 80.6 cm³/mol. The Morgan fingerprint density at radius 1 is 1.16 bits per heavy atom. The van der Waals surface area contributed by atoms with E-state index in [0.717, 1.165) is 18.6 Å². The van der Waals surface area contributed by atoms with Crippen LogP contribution in [-0.4, -0.2) is 7.11 Å². The van der Waals surface area contributed by atoms with Crippen molar-refractivity contribution in [1.29, 1.82) is 0 Å². The summed E-state index contributed by atoms with van der Waals surface area (Å²) in [4.78, 5) is 0. The summed E-state index contributed by atoms with van der Waals surface area (Å²) < 4.78 is 5.66. The fourth-order valence-electron chi connectivity index (χ4n) is 3.59. The van der Waals surface area contributed by atoms with E-state index in [1.54, 1.807) is 7.11 Å². The minimum absolute atomic E-state index is 0.244. The molecule has 0 aromatic heterocycles. The predicted octanol–water partition coefficient (Wildman–Crippen LogP) is 4.07. The minimum atomic E-state index is -0.244. The molecular weight excluding hydrogens is 234 g/mol. The van der Waals surface area contributed by atoms with Gasteiger partial charge in [0.05, 0.1) is 7.11 Å². The summed E-state index contributed by atoms with van der Waals surface area (Å²) in [6.45, 7) is 8.88. The smallest absolute Gasteiger partial charge is 0.127 e. The number of hydrogen-bond acceptors (Lipinski definition) is 2. The Bertz CT molecular complexity index is 478. The summed E-state index contributed by atoms with van der Waals surface area (Å²) in [5.74, 6) is 0.986. The molecule has 2 heteroatoms. The number of nitrogens with two attached hydrogens (primary N) is 1. The molecule has 0 bridgehead atoms. The van der Waals surface area contributed by atoms with Crippen molar-refractivity contribution in [1.82, 2.24) is 0 Å². The molecule has 2 nitrogen and oxygen atoms in total. The van der Waals surface area contributed by atoms with Gasteiger partial charge in [-0.3, -0.25) is 0 Å². The van der Waals surface area contributed by atoms with E-state index in [-0.39, 0.29) is 5.54 Å². The Labute approximate surface area is 117 Å². The van der Waals surface area contributed by atoms with Gasteiger partial charge in [-0.1, -0.05) is 32.4 Å². The van der Waals surface area contributed by atoms with Crippen molar-refractivity contribution in [2.75, 3.05) is 7.11 Å². The summed E-state index contributed by atoms with van der Waals surface area (Å²) in [5, 5.41) is 0. The summed E-state index contributed by atoms with van der Waals surface area (Å²) in [6.07, 6.45) is 4.53. The molecule has 1 saturated carbocycles. The first-order valence-corrected chi connectivity index (χ1v) is 7.23. The molecule has 0 radical (unpaired) electrons. The van der Waals surface area contributed by atoms with Crippen molar-refractivity contribution in [2.45, 2.75) is 58.9 Å². The molecule has 1 aromatic carbocycles. The molecule has 1 aromatic rings. The lowest BCUT2D eigenvalue weighted by Gasteiger charge is -2.43. The summed E-state index contributed by atoms with van der Waals surface area (Å²) in [6, 6.07) is 4.34. The third-order valence-corrected chi connectivity index (χ3v) is 4.69. The van der Waals surface area contributed by atoms with Crippen LogP contribution in [0.1, 0.15) is 56.2 Å². The highest BCUT2D eigenvalue weighted by Crippen LogP contribution is 2.47. The van der Waals surface area contributed by atoms with Gasteiger partial charge in [-0.05, 0) is 49.7 Å². The highest BCUT2D eigenvalue weighted by Gasteiger charge is 2.40. The molecule has 106 valence electrons. The maximum absolute atomic E-state index is 6.77. The van der Waals surface area contributed by atoms with Crippen molar-refractivity contribution < 1.29 is 4.74 Å². The quantitative estimate of drug-likeness (QED) is 0.871. The Morgan fingerprint density at radius 3 is 2.42 bits per heavy atom. The average molecular weight is 261 g/mol. The topological polar surface area (TPSA) is 35.2 Å². The number of rotatable bonds is 2. The van der Waals surface area contributed by atoms with Crippen LogP contribution in [0, 0.1) is 19.3 Å². The molecule has 2 N–H and O–H groups in total. The van der Waals surface area contributed by atoms with Gasteiger partial charge >= 0.3 is 0 Å². The lowest BCUT2D eigenvalue weighted by atomic mass is 9.65. The second kappa shape index (κ2) is 4.82. The van der Waals surface area contributed by atoms with Crippen molar-refractivity contribution >= 4 is 0 Å². The second-order valence-corrected chi connectivity index (χ2v) is 6.94. The van der Waals surface area contributed by atoms with Crippen LogP contribution in [0.15, 0.2) is 12.1 Å². The Morgan fingerprint density at radius 2 is 1.84 bits per heavy atom. The van der Waals surface area contributed by atoms with E-state index in [4.69, 9.17) is 10.5 Å². The molecule has 1 aliphatic rings. The number of hydrogen-bond donors (Lipinski definition) is 1. The van der Waals surface area contributed by atoms with Crippen molar-refractivity contribution in [3.63, 3.8) is 0 Å². The van der Waals surface area contributed by atoms with E-state index in [0.29, 0.717) is 5.41 Å². The van der Waals surface area contributed by atoms with Gasteiger partial charge in [0, 0.05) is 11.1 Å². The normalized spacial score (nSPS) is 26.2. The Hall–Kier alpha value is -1.02. The first-order chi connectivity index (χ1) is 8.79.